The number of benzene rings is 1. The maximum Gasteiger partial charge on any atom is 0.310 e. The van der Waals surface area contributed by atoms with Crippen LogP contribution in [0.1, 0.15) is 23.7 Å². The molecule has 1 aromatic carbocycles. The summed E-state index contributed by atoms with van der Waals surface area (Å²) in [4.78, 5) is 21.9. The van der Waals surface area contributed by atoms with E-state index in [0.717, 1.165) is 13.0 Å². The van der Waals surface area contributed by atoms with E-state index in [2.05, 4.69) is 10.6 Å². The van der Waals surface area contributed by atoms with Gasteiger partial charge in [0, 0.05) is 31.3 Å². The van der Waals surface area contributed by atoms with Crippen molar-refractivity contribution < 1.29 is 14.5 Å². The average molecular weight is 281 g/mol. The Bertz CT molecular complexity index is 477. The van der Waals surface area contributed by atoms with Crippen molar-refractivity contribution in [3.63, 3.8) is 0 Å². The average Bonchev–Trinajstić information content (AvgIpc) is 2.45. The summed E-state index contributed by atoms with van der Waals surface area (Å²) in [6, 6.07) is 4.06. The molecular formula is C13H19N3O4. The number of amides is 1. The lowest BCUT2D eigenvalue weighted by atomic mass is 10.2. The largest absolute Gasteiger partial charge is 0.485 e. The van der Waals surface area contributed by atoms with Crippen LogP contribution >= 0.6 is 0 Å². The van der Waals surface area contributed by atoms with E-state index >= 15 is 0 Å². The Hall–Kier alpha value is -2.15. The molecule has 0 heterocycles. The van der Waals surface area contributed by atoms with Crippen molar-refractivity contribution in [3.8, 4) is 5.75 Å². The summed E-state index contributed by atoms with van der Waals surface area (Å²) in [6.45, 7) is 3.81. The summed E-state index contributed by atoms with van der Waals surface area (Å²) in [7, 11) is 1.50. The molecule has 0 fully saturated rings. The first-order valence-corrected chi connectivity index (χ1v) is 6.44. The lowest BCUT2D eigenvalue weighted by molar-refractivity contribution is -0.385. The van der Waals surface area contributed by atoms with Gasteiger partial charge in [-0.05, 0) is 19.0 Å². The predicted octanol–water partition coefficient (Wildman–Crippen LogP) is 1.33. The number of nitrogens with one attached hydrogen (secondary N) is 2. The van der Waals surface area contributed by atoms with Crippen LogP contribution < -0.4 is 15.4 Å². The Kier molecular flexibility index (Phi) is 6.45. The number of hydrogen-bond donors (Lipinski definition) is 2. The fraction of sp³-hybridized carbons (Fsp3) is 0.462. The number of carbonyl (C=O) groups is 1. The third-order valence-electron chi connectivity index (χ3n) is 2.61. The monoisotopic (exact) mass is 281 g/mol. The summed E-state index contributed by atoms with van der Waals surface area (Å²) in [6.07, 6.45) is 1.01. The summed E-state index contributed by atoms with van der Waals surface area (Å²) >= 11 is 0. The fourth-order valence-corrected chi connectivity index (χ4v) is 1.60. The van der Waals surface area contributed by atoms with Crippen LogP contribution in [0, 0.1) is 10.1 Å². The zero-order valence-corrected chi connectivity index (χ0v) is 11.6. The summed E-state index contributed by atoms with van der Waals surface area (Å²) < 4.78 is 5.40. The van der Waals surface area contributed by atoms with Crippen LogP contribution in [-0.2, 0) is 0 Å². The van der Waals surface area contributed by atoms with Gasteiger partial charge in [-0.2, -0.15) is 0 Å². The van der Waals surface area contributed by atoms with E-state index in [9.17, 15) is 14.9 Å². The predicted molar refractivity (Wildman–Crippen MR) is 75.1 cm³/mol. The molecule has 1 amide bonds. The van der Waals surface area contributed by atoms with E-state index in [-0.39, 0.29) is 17.3 Å². The molecule has 1 aromatic rings. The second-order valence-corrected chi connectivity index (χ2v) is 4.12. The lowest BCUT2D eigenvalue weighted by Gasteiger charge is -2.09. The zero-order chi connectivity index (χ0) is 15.0. The lowest BCUT2D eigenvalue weighted by Crippen LogP contribution is -2.22. The molecule has 2 N–H and O–H groups in total. The third kappa shape index (κ3) is 4.51. The van der Waals surface area contributed by atoms with E-state index < -0.39 is 4.92 Å². The molecule has 0 aliphatic carbocycles. The van der Waals surface area contributed by atoms with Gasteiger partial charge in [-0.15, -0.1) is 0 Å². The highest BCUT2D eigenvalue weighted by Gasteiger charge is 2.17. The molecule has 0 aliphatic rings. The van der Waals surface area contributed by atoms with Crippen LogP contribution in [0.5, 0.6) is 5.75 Å². The Morgan fingerprint density at radius 2 is 2.15 bits per heavy atom. The molecule has 0 atom stereocenters. The van der Waals surface area contributed by atoms with Crippen molar-refractivity contribution in [1.82, 2.24) is 10.6 Å². The van der Waals surface area contributed by atoms with Gasteiger partial charge in [-0.3, -0.25) is 14.9 Å². The molecular weight excluding hydrogens is 262 g/mol. The first-order valence-electron chi connectivity index (χ1n) is 6.44. The van der Waals surface area contributed by atoms with Crippen molar-refractivity contribution in [2.75, 3.05) is 26.7 Å². The molecule has 7 heteroatoms. The van der Waals surface area contributed by atoms with Crippen LogP contribution in [-0.4, -0.2) is 37.6 Å². The van der Waals surface area contributed by atoms with Gasteiger partial charge in [0.1, 0.15) is 6.61 Å². The fourth-order valence-electron chi connectivity index (χ4n) is 1.60. The van der Waals surface area contributed by atoms with Gasteiger partial charge in [-0.1, -0.05) is 6.92 Å². The highest BCUT2D eigenvalue weighted by Crippen LogP contribution is 2.27. The van der Waals surface area contributed by atoms with Gasteiger partial charge in [0.15, 0.2) is 5.75 Å². The van der Waals surface area contributed by atoms with E-state index in [1.54, 1.807) is 0 Å². The number of hydrogen-bond acceptors (Lipinski definition) is 5. The maximum atomic E-state index is 11.5. The Morgan fingerprint density at radius 3 is 2.75 bits per heavy atom. The van der Waals surface area contributed by atoms with E-state index in [1.807, 2.05) is 6.92 Å². The number of carbonyl (C=O) groups excluding carboxylic acids is 1. The number of nitrogens with zero attached hydrogens (tertiary/aromatic N) is 1. The molecule has 0 bridgehead atoms. The van der Waals surface area contributed by atoms with Crippen molar-refractivity contribution in [2.45, 2.75) is 13.3 Å². The molecule has 0 unspecified atom stereocenters. The van der Waals surface area contributed by atoms with Crippen molar-refractivity contribution in [1.29, 1.82) is 0 Å². The normalized spacial score (nSPS) is 10.1. The molecule has 0 radical (unpaired) electrons. The SMILES string of the molecule is CCCNCCOc1cc(C(=O)NC)ccc1[N+](=O)[O-]. The molecule has 1 rings (SSSR count). The zero-order valence-electron chi connectivity index (χ0n) is 11.6. The standard InChI is InChI=1S/C13H19N3O4/c1-3-6-15-7-8-20-12-9-10(13(17)14-2)4-5-11(12)16(18)19/h4-5,9,15H,3,6-8H2,1-2H3,(H,14,17). The quantitative estimate of drug-likeness (QED) is 0.426. The van der Waals surface area contributed by atoms with Crippen LogP contribution in [0.2, 0.25) is 0 Å². The number of nitro groups is 1. The molecule has 20 heavy (non-hydrogen) atoms. The Morgan fingerprint density at radius 1 is 1.40 bits per heavy atom. The van der Waals surface area contributed by atoms with Gasteiger partial charge in [-0.25, -0.2) is 0 Å². The minimum atomic E-state index is -0.525. The summed E-state index contributed by atoms with van der Waals surface area (Å²) in [5, 5.41) is 16.5. The van der Waals surface area contributed by atoms with Gasteiger partial charge >= 0.3 is 5.69 Å². The van der Waals surface area contributed by atoms with Crippen LogP contribution in [0.4, 0.5) is 5.69 Å². The number of nitro benzene ring substituents is 1. The third-order valence-corrected chi connectivity index (χ3v) is 2.61. The summed E-state index contributed by atoms with van der Waals surface area (Å²) in [5.74, 6) is -0.205. The van der Waals surface area contributed by atoms with Gasteiger partial charge < -0.3 is 15.4 Å². The molecule has 0 aliphatic heterocycles. The van der Waals surface area contributed by atoms with Crippen LogP contribution in [0.15, 0.2) is 18.2 Å². The molecule has 0 aromatic heterocycles. The molecule has 110 valence electrons. The topological polar surface area (TPSA) is 93.5 Å². The van der Waals surface area contributed by atoms with Crippen LogP contribution in [0.25, 0.3) is 0 Å². The molecule has 0 spiro atoms. The van der Waals surface area contributed by atoms with E-state index in [0.29, 0.717) is 18.7 Å². The van der Waals surface area contributed by atoms with Gasteiger partial charge in [0.25, 0.3) is 5.91 Å². The highest BCUT2D eigenvalue weighted by atomic mass is 16.6. The van der Waals surface area contributed by atoms with Gasteiger partial charge in [0.2, 0.25) is 0 Å². The van der Waals surface area contributed by atoms with Crippen LogP contribution in [0.3, 0.4) is 0 Å². The smallest absolute Gasteiger partial charge is 0.310 e. The van der Waals surface area contributed by atoms with Crippen molar-refractivity contribution in [3.05, 3.63) is 33.9 Å². The molecule has 7 nitrogen and oxygen atoms in total. The maximum absolute atomic E-state index is 11.5. The first kappa shape index (κ1) is 15.9. The second-order valence-electron chi connectivity index (χ2n) is 4.12. The number of rotatable bonds is 8. The second kappa shape index (κ2) is 8.11. The highest BCUT2D eigenvalue weighted by molar-refractivity contribution is 5.94. The number of ether oxygens (including phenoxy) is 1. The van der Waals surface area contributed by atoms with E-state index in [4.69, 9.17) is 4.74 Å². The van der Waals surface area contributed by atoms with Crippen molar-refractivity contribution in [2.24, 2.45) is 0 Å². The van der Waals surface area contributed by atoms with Crippen molar-refractivity contribution >= 4 is 11.6 Å². The summed E-state index contributed by atoms with van der Waals surface area (Å²) in [5.41, 5.74) is 0.183. The molecule has 0 saturated carbocycles. The minimum Gasteiger partial charge on any atom is -0.485 e. The Balaban J connectivity index is 2.78. The van der Waals surface area contributed by atoms with E-state index in [1.165, 1.54) is 25.2 Å². The van der Waals surface area contributed by atoms with Gasteiger partial charge in [0.05, 0.1) is 4.92 Å². The molecule has 0 saturated heterocycles. The Labute approximate surface area is 117 Å². The first-order chi connectivity index (χ1) is 9.60. The minimum absolute atomic E-state index is 0.106.